The highest BCUT2D eigenvalue weighted by Crippen LogP contribution is 2.29. The Balaban J connectivity index is 0.000000215. The van der Waals surface area contributed by atoms with Gasteiger partial charge in [0.25, 0.3) is 0 Å². The Hall–Kier alpha value is -4.49. The number of fused-ring (bicyclic) bond motifs is 1. The lowest BCUT2D eigenvalue weighted by atomic mass is 9.96. The predicted molar refractivity (Wildman–Crippen MR) is 165 cm³/mol. The number of nitrogens with zero attached hydrogens (tertiary/aromatic N) is 1. The SMILES string of the molecule is CC.Cc1ccc2ccncc2c1.Cc1cccc(-c2cccc(-c3cccc(-c4ccccc4)c3)c2)c1. The first-order valence-corrected chi connectivity index (χ1v) is 13.3. The van der Waals surface area contributed by atoms with E-state index in [4.69, 9.17) is 0 Å². The van der Waals surface area contributed by atoms with Crippen LogP contribution in [0, 0.1) is 13.8 Å². The molecule has 0 saturated carbocycles. The second kappa shape index (κ2) is 13.2. The first-order chi connectivity index (χ1) is 18.7. The Morgan fingerprint density at radius 1 is 0.395 bits per heavy atom. The van der Waals surface area contributed by atoms with E-state index in [1.54, 1.807) is 0 Å². The Morgan fingerprint density at radius 2 is 0.895 bits per heavy atom. The van der Waals surface area contributed by atoms with Gasteiger partial charge in [0, 0.05) is 17.8 Å². The van der Waals surface area contributed by atoms with E-state index in [9.17, 15) is 0 Å². The van der Waals surface area contributed by atoms with Crippen LogP contribution in [0.3, 0.4) is 0 Å². The molecule has 1 heteroatoms. The van der Waals surface area contributed by atoms with Gasteiger partial charge in [-0.15, -0.1) is 0 Å². The molecule has 1 aromatic heterocycles. The van der Waals surface area contributed by atoms with Gasteiger partial charge in [-0.05, 0) is 76.9 Å². The molecule has 5 aromatic carbocycles. The number of hydrogen-bond acceptors (Lipinski definition) is 1. The van der Waals surface area contributed by atoms with Crippen LogP contribution in [0.1, 0.15) is 25.0 Å². The molecule has 0 amide bonds. The van der Waals surface area contributed by atoms with Gasteiger partial charge in [-0.25, -0.2) is 0 Å². The minimum absolute atomic E-state index is 1.22. The molecule has 0 saturated heterocycles. The zero-order chi connectivity index (χ0) is 26.7. The zero-order valence-corrected chi connectivity index (χ0v) is 22.7. The summed E-state index contributed by atoms with van der Waals surface area (Å²) in [5.41, 5.74) is 10.1. The van der Waals surface area contributed by atoms with E-state index in [0.717, 1.165) is 0 Å². The molecule has 38 heavy (non-hydrogen) atoms. The average molecular weight is 494 g/mol. The van der Waals surface area contributed by atoms with Crippen molar-refractivity contribution < 1.29 is 0 Å². The third-order valence-electron chi connectivity index (χ3n) is 6.31. The summed E-state index contributed by atoms with van der Waals surface area (Å²) in [6.45, 7) is 8.23. The van der Waals surface area contributed by atoms with Gasteiger partial charge in [-0.3, -0.25) is 4.98 Å². The van der Waals surface area contributed by atoms with Crippen molar-refractivity contribution in [1.29, 1.82) is 0 Å². The van der Waals surface area contributed by atoms with Gasteiger partial charge in [-0.1, -0.05) is 128 Å². The molecule has 0 atom stereocenters. The molecule has 0 aliphatic heterocycles. The third-order valence-corrected chi connectivity index (χ3v) is 6.31. The lowest BCUT2D eigenvalue weighted by Crippen LogP contribution is -1.84. The number of benzene rings is 5. The van der Waals surface area contributed by atoms with Crippen molar-refractivity contribution in [3.05, 3.63) is 151 Å². The molecule has 1 nitrogen and oxygen atoms in total. The monoisotopic (exact) mass is 493 g/mol. The lowest BCUT2D eigenvalue weighted by molar-refractivity contribution is 1.36. The normalized spacial score (nSPS) is 10.1. The molecular weight excluding hydrogens is 458 g/mol. The molecular formula is C37H35N. The van der Waals surface area contributed by atoms with E-state index in [2.05, 4.69) is 140 Å². The second-order valence-electron chi connectivity index (χ2n) is 9.12. The van der Waals surface area contributed by atoms with Gasteiger partial charge in [-0.2, -0.15) is 0 Å². The fourth-order valence-electron chi connectivity index (χ4n) is 4.42. The lowest BCUT2D eigenvalue weighted by Gasteiger charge is -2.09. The molecule has 1 heterocycles. The summed E-state index contributed by atoms with van der Waals surface area (Å²) >= 11 is 0. The summed E-state index contributed by atoms with van der Waals surface area (Å²) in [6.07, 6.45) is 3.71. The maximum Gasteiger partial charge on any atom is 0.0346 e. The number of rotatable bonds is 3. The van der Waals surface area contributed by atoms with E-state index >= 15 is 0 Å². The number of aryl methyl sites for hydroxylation is 2. The van der Waals surface area contributed by atoms with E-state index in [1.807, 2.05) is 32.3 Å². The highest BCUT2D eigenvalue weighted by atomic mass is 14.6. The number of pyridine rings is 1. The van der Waals surface area contributed by atoms with Crippen LogP contribution in [0.2, 0.25) is 0 Å². The first-order valence-electron chi connectivity index (χ1n) is 13.3. The highest BCUT2D eigenvalue weighted by Gasteiger charge is 2.04. The highest BCUT2D eigenvalue weighted by molar-refractivity contribution is 5.82. The summed E-state index contributed by atoms with van der Waals surface area (Å²) < 4.78 is 0. The van der Waals surface area contributed by atoms with Crippen molar-refractivity contribution in [2.24, 2.45) is 0 Å². The predicted octanol–water partition coefficient (Wildman–Crippen LogP) is 10.6. The van der Waals surface area contributed by atoms with Crippen LogP contribution in [0.15, 0.2) is 140 Å². The van der Waals surface area contributed by atoms with Gasteiger partial charge in [0.15, 0.2) is 0 Å². The summed E-state index contributed by atoms with van der Waals surface area (Å²) in [5, 5.41) is 2.47. The summed E-state index contributed by atoms with van der Waals surface area (Å²) in [7, 11) is 0. The average Bonchev–Trinajstić information content (AvgIpc) is 2.99. The van der Waals surface area contributed by atoms with Crippen LogP contribution in [-0.2, 0) is 0 Å². The summed E-state index contributed by atoms with van der Waals surface area (Å²) in [4.78, 5) is 4.05. The zero-order valence-electron chi connectivity index (χ0n) is 22.7. The van der Waals surface area contributed by atoms with Crippen molar-refractivity contribution >= 4 is 10.8 Å². The van der Waals surface area contributed by atoms with Crippen LogP contribution < -0.4 is 0 Å². The second-order valence-corrected chi connectivity index (χ2v) is 9.12. The van der Waals surface area contributed by atoms with Crippen LogP contribution in [0.25, 0.3) is 44.2 Å². The first kappa shape index (κ1) is 26.6. The summed E-state index contributed by atoms with van der Waals surface area (Å²) in [6, 6.07) is 45.1. The molecule has 6 aromatic rings. The Bertz CT molecular complexity index is 1600. The van der Waals surface area contributed by atoms with Crippen LogP contribution in [-0.4, -0.2) is 4.98 Å². The molecule has 6 rings (SSSR count). The van der Waals surface area contributed by atoms with Gasteiger partial charge >= 0.3 is 0 Å². The molecule has 0 aliphatic rings. The molecule has 0 N–H and O–H groups in total. The Labute approximate surface area is 227 Å². The molecule has 0 unspecified atom stereocenters. The fraction of sp³-hybridized carbons (Fsp3) is 0.108. The minimum Gasteiger partial charge on any atom is -0.264 e. The third kappa shape index (κ3) is 6.83. The minimum atomic E-state index is 1.22. The van der Waals surface area contributed by atoms with Gasteiger partial charge in [0.1, 0.15) is 0 Å². The van der Waals surface area contributed by atoms with E-state index in [-0.39, 0.29) is 0 Å². The molecule has 188 valence electrons. The molecule has 0 spiro atoms. The van der Waals surface area contributed by atoms with E-state index in [0.29, 0.717) is 0 Å². The van der Waals surface area contributed by atoms with E-state index in [1.165, 1.54) is 55.3 Å². The summed E-state index contributed by atoms with van der Waals surface area (Å²) in [5.74, 6) is 0. The van der Waals surface area contributed by atoms with Crippen LogP contribution in [0.4, 0.5) is 0 Å². The Kier molecular flexibility index (Phi) is 9.21. The Morgan fingerprint density at radius 3 is 1.50 bits per heavy atom. The van der Waals surface area contributed by atoms with Crippen molar-refractivity contribution in [2.75, 3.05) is 0 Å². The molecule has 0 radical (unpaired) electrons. The quantitative estimate of drug-likeness (QED) is 0.239. The van der Waals surface area contributed by atoms with E-state index < -0.39 is 0 Å². The smallest absolute Gasteiger partial charge is 0.0346 e. The molecule has 0 fully saturated rings. The van der Waals surface area contributed by atoms with Crippen molar-refractivity contribution in [3.8, 4) is 33.4 Å². The maximum absolute atomic E-state index is 4.05. The topological polar surface area (TPSA) is 12.9 Å². The number of hydrogen-bond donors (Lipinski definition) is 0. The fourth-order valence-corrected chi connectivity index (χ4v) is 4.42. The maximum atomic E-state index is 4.05. The van der Waals surface area contributed by atoms with Crippen molar-refractivity contribution in [3.63, 3.8) is 0 Å². The van der Waals surface area contributed by atoms with Crippen LogP contribution in [0.5, 0.6) is 0 Å². The standard InChI is InChI=1S/C25H20.C10H9N.C2H6/c1-19-8-5-11-21(16-19)23-13-7-15-25(18-23)24-14-6-12-22(17-24)20-9-3-2-4-10-20;1-8-2-3-9-4-5-11-7-10(9)6-8;1-2/h2-18H,1H3;2-7H,1H3;1-2H3. The van der Waals surface area contributed by atoms with Gasteiger partial charge in [0.2, 0.25) is 0 Å². The van der Waals surface area contributed by atoms with Crippen molar-refractivity contribution in [1.82, 2.24) is 4.98 Å². The molecule has 0 bridgehead atoms. The van der Waals surface area contributed by atoms with Crippen molar-refractivity contribution in [2.45, 2.75) is 27.7 Å². The molecule has 0 aliphatic carbocycles. The van der Waals surface area contributed by atoms with Crippen LogP contribution >= 0.6 is 0 Å². The van der Waals surface area contributed by atoms with Gasteiger partial charge < -0.3 is 0 Å². The largest absolute Gasteiger partial charge is 0.264 e. The number of aromatic nitrogens is 1. The van der Waals surface area contributed by atoms with Gasteiger partial charge in [0.05, 0.1) is 0 Å².